The predicted molar refractivity (Wildman–Crippen MR) is 105 cm³/mol. The van der Waals surface area contributed by atoms with Crippen molar-refractivity contribution in [1.29, 1.82) is 0 Å². The molecule has 1 aromatic carbocycles. The van der Waals surface area contributed by atoms with Gasteiger partial charge in [0.1, 0.15) is 0 Å². The molecule has 3 rings (SSSR count). The molecular formula is C21H30F3NO2Si. The molecule has 2 aliphatic rings. The van der Waals surface area contributed by atoms with Gasteiger partial charge in [0.2, 0.25) is 5.91 Å². The Morgan fingerprint density at radius 1 is 1.07 bits per heavy atom. The van der Waals surface area contributed by atoms with E-state index in [9.17, 15) is 18.0 Å². The van der Waals surface area contributed by atoms with Gasteiger partial charge in [-0.25, -0.2) is 13.2 Å². The van der Waals surface area contributed by atoms with E-state index >= 15 is 0 Å². The predicted octanol–water partition coefficient (Wildman–Crippen LogP) is 5.71. The van der Waals surface area contributed by atoms with Crippen LogP contribution in [-0.2, 0) is 9.22 Å². The second-order valence-corrected chi connectivity index (χ2v) is 14.3. The van der Waals surface area contributed by atoms with E-state index in [2.05, 4.69) is 33.9 Å². The summed E-state index contributed by atoms with van der Waals surface area (Å²) in [6, 6.07) is 1.50. The molecule has 1 aromatic rings. The maximum Gasteiger partial charge on any atom is 0.223 e. The number of piperidine rings is 2. The van der Waals surface area contributed by atoms with Gasteiger partial charge in [-0.3, -0.25) is 4.79 Å². The first-order chi connectivity index (χ1) is 12.9. The van der Waals surface area contributed by atoms with Gasteiger partial charge in [0.05, 0.1) is 12.1 Å². The van der Waals surface area contributed by atoms with Crippen LogP contribution in [0.3, 0.4) is 0 Å². The highest BCUT2D eigenvalue weighted by Gasteiger charge is 2.47. The Hall–Kier alpha value is -1.34. The third kappa shape index (κ3) is 3.88. The molecule has 3 unspecified atom stereocenters. The van der Waals surface area contributed by atoms with E-state index in [1.54, 1.807) is 4.90 Å². The lowest BCUT2D eigenvalue weighted by molar-refractivity contribution is -0.147. The van der Waals surface area contributed by atoms with E-state index in [0.29, 0.717) is 12.8 Å². The van der Waals surface area contributed by atoms with Gasteiger partial charge >= 0.3 is 0 Å². The summed E-state index contributed by atoms with van der Waals surface area (Å²) in [4.78, 5) is 14.5. The Morgan fingerprint density at radius 3 is 2.25 bits per heavy atom. The molecule has 3 atom stereocenters. The summed E-state index contributed by atoms with van der Waals surface area (Å²) >= 11 is 0. The topological polar surface area (TPSA) is 29.5 Å². The highest BCUT2D eigenvalue weighted by atomic mass is 28.4. The Labute approximate surface area is 166 Å². The van der Waals surface area contributed by atoms with Crippen molar-refractivity contribution in [3.05, 3.63) is 35.1 Å². The lowest BCUT2D eigenvalue weighted by atomic mass is 9.84. The number of fused-ring (bicyclic) bond motifs is 1. The molecule has 7 heteroatoms. The highest BCUT2D eigenvalue weighted by Crippen LogP contribution is 2.45. The van der Waals surface area contributed by atoms with Crippen LogP contribution >= 0.6 is 0 Å². The van der Waals surface area contributed by atoms with Gasteiger partial charge in [-0.15, -0.1) is 0 Å². The number of amides is 1. The van der Waals surface area contributed by atoms with Crippen molar-refractivity contribution in [2.45, 2.75) is 89.2 Å². The van der Waals surface area contributed by atoms with Crippen molar-refractivity contribution in [3.8, 4) is 0 Å². The second kappa shape index (κ2) is 7.48. The van der Waals surface area contributed by atoms with Crippen LogP contribution in [0.15, 0.2) is 12.1 Å². The molecule has 2 heterocycles. The van der Waals surface area contributed by atoms with Crippen molar-refractivity contribution in [1.82, 2.24) is 4.90 Å². The van der Waals surface area contributed by atoms with E-state index in [1.165, 1.54) is 0 Å². The Balaban J connectivity index is 2.04. The number of carbonyl (C=O) groups excluding carboxylic acids is 1. The number of carbonyl (C=O) groups is 1. The van der Waals surface area contributed by atoms with Gasteiger partial charge in [-0.2, -0.15) is 0 Å². The summed E-state index contributed by atoms with van der Waals surface area (Å²) in [7, 11) is -2.18. The van der Waals surface area contributed by atoms with Crippen LogP contribution in [0.1, 0.15) is 64.5 Å². The van der Waals surface area contributed by atoms with E-state index in [4.69, 9.17) is 4.43 Å². The Kier molecular flexibility index (Phi) is 5.71. The maximum absolute atomic E-state index is 14.0. The molecule has 156 valence electrons. The normalized spacial score (nSPS) is 26.4. The molecule has 2 aliphatic heterocycles. The maximum atomic E-state index is 14.0. The molecule has 0 aliphatic carbocycles. The molecule has 0 aromatic heterocycles. The van der Waals surface area contributed by atoms with Crippen LogP contribution in [0, 0.1) is 17.5 Å². The van der Waals surface area contributed by atoms with Crippen LogP contribution in [0.2, 0.25) is 18.1 Å². The van der Waals surface area contributed by atoms with Crippen LogP contribution < -0.4 is 0 Å². The van der Waals surface area contributed by atoms with Gasteiger partial charge in [0, 0.05) is 12.5 Å². The lowest BCUT2D eigenvalue weighted by Gasteiger charge is -2.51. The molecule has 1 amide bonds. The molecule has 0 radical (unpaired) electrons. The summed E-state index contributed by atoms with van der Waals surface area (Å²) in [5.41, 5.74) is 0.278. The van der Waals surface area contributed by atoms with Crippen LogP contribution in [0.5, 0.6) is 0 Å². The number of rotatable bonds is 3. The fourth-order valence-electron chi connectivity index (χ4n) is 4.12. The zero-order valence-corrected chi connectivity index (χ0v) is 18.3. The molecular weight excluding hydrogens is 383 g/mol. The number of nitrogens with zero attached hydrogens (tertiary/aromatic N) is 1. The largest absolute Gasteiger partial charge is 0.411 e. The molecule has 2 fully saturated rings. The monoisotopic (exact) mass is 413 g/mol. The number of halogens is 3. The number of benzene rings is 1. The Morgan fingerprint density at radius 2 is 1.68 bits per heavy atom. The fourth-order valence-corrected chi connectivity index (χ4v) is 5.48. The Bertz CT molecular complexity index is 740. The van der Waals surface area contributed by atoms with Crippen molar-refractivity contribution in [2.75, 3.05) is 0 Å². The molecule has 0 spiro atoms. The molecule has 28 heavy (non-hydrogen) atoms. The van der Waals surface area contributed by atoms with Crippen LogP contribution in [0.25, 0.3) is 0 Å². The van der Waals surface area contributed by atoms with Crippen LogP contribution in [0.4, 0.5) is 13.2 Å². The average molecular weight is 414 g/mol. The minimum absolute atomic E-state index is 0.0186. The summed E-state index contributed by atoms with van der Waals surface area (Å²) in [6.45, 7) is 10.6. The summed E-state index contributed by atoms with van der Waals surface area (Å²) in [5, 5.41) is -0.0421. The standard InChI is InChI=1S/C21H30F3NO2Si/c1-21(2,3)28(4,5)27-17-10-9-14-7-6-8-18(26)25(14)20(17)13-11-15(22)19(24)16(23)12-13/h11-12,14,17,20H,6-10H2,1-5H3. The minimum atomic E-state index is -2.18. The number of hydrogen-bond donors (Lipinski definition) is 0. The lowest BCUT2D eigenvalue weighted by Crippen LogP contribution is -2.56. The third-order valence-corrected chi connectivity index (χ3v) is 11.1. The smallest absolute Gasteiger partial charge is 0.223 e. The zero-order valence-electron chi connectivity index (χ0n) is 17.3. The molecule has 2 saturated heterocycles. The summed E-state index contributed by atoms with van der Waals surface area (Å²) in [6.07, 6.45) is 3.29. The molecule has 0 N–H and O–H groups in total. The average Bonchev–Trinajstić information content (AvgIpc) is 2.58. The quantitative estimate of drug-likeness (QED) is 0.469. The van der Waals surface area contributed by atoms with Gasteiger partial charge in [0.15, 0.2) is 25.8 Å². The fraction of sp³-hybridized carbons (Fsp3) is 0.667. The van der Waals surface area contributed by atoms with Crippen molar-refractivity contribution in [3.63, 3.8) is 0 Å². The van der Waals surface area contributed by atoms with E-state index in [0.717, 1.165) is 31.4 Å². The van der Waals surface area contributed by atoms with E-state index in [-0.39, 0.29) is 28.7 Å². The van der Waals surface area contributed by atoms with Gasteiger partial charge in [-0.1, -0.05) is 20.8 Å². The number of hydrogen-bond acceptors (Lipinski definition) is 2. The van der Waals surface area contributed by atoms with Gasteiger partial charge in [0.25, 0.3) is 0 Å². The first-order valence-corrected chi connectivity index (χ1v) is 13.0. The van der Waals surface area contributed by atoms with Crippen LogP contribution in [-0.4, -0.2) is 31.3 Å². The van der Waals surface area contributed by atoms with Gasteiger partial charge in [-0.05, 0) is 61.5 Å². The molecule has 3 nitrogen and oxygen atoms in total. The first-order valence-electron chi connectivity index (χ1n) is 10.1. The molecule has 0 saturated carbocycles. The van der Waals surface area contributed by atoms with E-state index < -0.39 is 31.8 Å². The van der Waals surface area contributed by atoms with Crippen molar-refractivity contribution in [2.24, 2.45) is 0 Å². The SMILES string of the molecule is CC(C)(C)[Si](C)(C)OC1CCC2CCCC(=O)N2C1c1cc(F)c(F)c(F)c1. The van der Waals surface area contributed by atoms with E-state index in [1.807, 2.05) is 0 Å². The first kappa shape index (κ1) is 21.4. The van der Waals surface area contributed by atoms with Crippen molar-refractivity contribution >= 4 is 14.2 Å². The highest BCUT2D eigenvalue weighted by molar-refractivity contribution is 6.74. The van der Waals surface area contributed by atoms with Crippen molar-refractivity contribution < 1.29 is 22.4 Å². The zero-order chi connectivity index (χ0) is 20.9. The second-order valence-electron chi connectivity index (χ2n) is 9.58. The van der Waals surface area contributed by atoms with Gasteiger partial charge < -0.3 is 9.33 Å². The third-order valence-electron chi connectivity index (χ3n) is 6.65. The minimum Gasteiger partial charge on any atom is -0.411 e. The summed E-state index contributed by atoms with van der Waals surface area (Å²) < 4.78 is 48.2. The summed E-state index contributed by atoms with van der Waals surface area (Å²) in [5.74, 6) is -3.96. The molecule has 0 bridgehead atoms.